The Kier molecular flexibility index (Phi) is 5.30. The van der Waals surface area contributed by atoms with Crippen LogP contribution in [0, 0.1) is 0 Å². The summed E-state index contributed by atoms with van der Waals surface area (Å²) >= 11 is 6.31. The molecule has 5 rings (SSSR count). The van der Waals surface area contributed by atoms with Gasteiger partial charge in [0, 0.05) is 23.7 Å². The van der Waals surface area contributed by atoms with Gasteiger partial charge < -0.3 is 14.8 Å². The third-order valence-corrected chi connectivity index (χ3v) is 5.31. The zero-order valence-electron chi connectivity index (χ0n) is 16.6. The van der Waals surface area contributed by atoms with Crippen molar-refractivity contribution in [2.24, 2.45) is 0 Å². The highest BCUT2D eigenvalue weighted by atomic mass is 35.5. The normalized spacial score (nSPS) is 15.6. The number of benzene rings is 2. The lowest BCUT2D eigenvalue weighted by Crippen LogP contribution is -2.08. The molecular formula is C22H20ClN5O3. The number of hydrogen-bond acceptors (Lipinski definition) is 6. The highest BCUT2D eigenvalue weighted by Crippen LogP contribution is 2.38. The number of amides is 1. The van der Waals surface area contributed by atoms with Crippen LogP contribution in [0.5, 0.6) is 11.5 Å². The number of rotatable bonds is 5. The van der Waals surface area contributed by atoms with Gasteiger partial charge in [-0.25, -0.2) is 4.68 Å². The first-order valence-electron chi connectivity index (χ1n) is 10.1. The van der Waals surface area contributed by atoms with Crippen molar-refractivity contribution in [1.82, 2.24) is 20.2 Å². The molecule has 1 N–H and O–H groups in total. The van der Waals surface area contributed by atoms with Crippen molar-refractivity contribution < 1.29 is 14.3 Å². The minimum Gasteiger partial charge on any atom is -0.489 e. The number of tetrazole rings is 1. The van der Waals surface area contributed by atoms with E-state index >= 15 is 0 Å². The standard InChI is InChI=1S/C22H20ClN5O3/c23-18-11-14(12-19-21(18)31-10-2-9-30-19)5-8-20(29)24-16-4-1-3-15(13-16)22-25-26-27-28(22)17-6-7-17/h1,3-5,8,11-13,17H,2,6-7,9-10H2,(H,24,29)/b8-5+. The Morgan fingerprint density at radius 1 is 1.19 bits per heavy atom. The van der Waals surface area contributed by atoms with E-state index in [0.29, 0.717) is 47.3 Å². The number of anilines is 1. The molecule has 1 aliphatic carbocycles. The maximum absolute atomic E-state index is 12.5. The van der Waals surface area contributed by atoms with Gasteiger partial charge in [0.25, 0.3) is 0 Å². The maximum Gasteiger partial charge on any atom is 0.248 e. The lowest BCUT2D eigenvalue weighted by atomic mass is 10.1. The predicted molar refractivity (Wildman–Crippen MR) is 116 cm³/mol. The molecule has 1 aliphatic heterocycles. The number of ether oxygens (including phenoxy) is 2. The van der Waals surface area contributed by atoms with Gasteiger partial charge in [0.05, 0.1) is 24.3 Å². The monoisotopic (exact) mass is 437 g/mol. The number of nitrogens with zero attached hydrogens (tertiary/aromatic N) is 4. The van der Waals surface area contributed by atoms with E-state index in [-0.39, 0.29) is 5.91 Å². The molecule has 2 heterocycles. The van der Waals surface area contributed by atoms with E-state index in [2.05, 4.69) is 20.8 Å². The van der Waals surface area contributed by atoms with Crippen LogP contribution >= 0.6 is 11.6 Å². The van der Waals surface area contributed by atoms with E-state index in [1.54, 1.807) is 12.1 Å². The summed E-state index contributed by atoms with van der Waals surface area (Å²) in [6, 6.07) is 11.4. The fourth-order valence-corrected chi connectivity index (χ4v) is 3.66. The largest absolute Gasteiger partial charge is 0.489 e. The van der Waals surface area contributed by atoms with E-state index in [4.69, 9.17) is 21.1 Å². The quantitative estimate of drug-likeness (QED) is 0.603. The molecule has 2 aliphatic rings. The van der Waals surface area contributed by atoms with Crippen LogP contribution in [-0.2, 0) is 4.79 Å². The first kappa shape index (κ1) is 19.6. The van der Waals surface area contributed by atoms with Crippen molar-refractivity contribution in [2.75, 3.05) is 18.5 Å². The Morgan fingerprint density at radius 2 is 2.06 bits per heavy atom. The van der Waals surface area contributed by atoms with Crippen LogP contribution in [0.25, 0.3) is 17.5 Å². The molecule has 0 atom stereocenters. The summed E-state index contributed by atoms with van der Waals surface area (Å²) in [5.41, 5.74) is 2.27. The molecule has 0 unspecified atom stereocenters. The van der Waals surface area contributed by atoms with Gasteiger partial charge in [-0.3, -0.25) is 4.79 Å². The second-order valence-electron chi connectivity index (χ2n) is 7.46. The fraction of sp³-hybridized carbons (Fsp3) is 0.273. The van der Waals surface area contributed by atoms with Crippen molar-refractivity contribution in [3.8, 4) is 22.9 Å². The summed E-state index contributed by atoms with van der Waals surface area (Å²) in [5, 5.41) is 15.3. The minimum atomic E-state index is -0.262. The number of carbonyl (C=O) groups is 1. The third-order valence-electron chi connectivity index (χ3n) is 5.03. The first-order chi connectivity index (χ1) is 15.2. The molecule has 1 saturated carbocycles. The molecule has 9 heteroatoms. The molecule has 1 aromatic heterocycles. The van der Waals surface area contributed by atoms with Gasteiger partial charge in [-0.15, -0.1) is 5.10 Å². The second kappa shape index (κ2) is 8.39. The van der Waals surface area contributed by atoms with Crippen LogP contribution in [0.4, 0.5) is 5.69 Å². The van der Waals surface area contributed by atoms with Crippen LogP contribution in [-0.4, -0.2) is 39.3 Å². The van der Waals surface area contributed by atoms with Crippen molar-refractivity contribution in [3.05, 3.63) is 53.1 Å². The number of hydrogen-bond donors (Lipinski definition) is 1. The Bertz CT molecular complexity index is 1160. The lowest BCUT2D eigenvalue weighted by molar-refractivity contribution is -0.111. The topological polar surface area (TPSA) is 91.2 Å². The van der Waals surface area contributed by atoms with Gasteiger partial charge in [0.1, 0.15) is 0 Å². The number of carbonyl (C=O) groups excluding carboxylic acids is 1. The van der Waals surface area contributed by atoms with Crippen LogP contribution in [0.15, 0.2) is 42.5 Å². The summed E-state index contributed by atoms with van der Waals surface area (Å²) in [6.07, 6.45) is 6.11. The number of halogens is 1. The molecule has 2 aromatic carbocycles. The van der Waals surface area contributed by atoms with Crippen molar-refractivity contribution in [1.29, 1.82) is 0 Å². The molecule has 3 aromatic rings. The third kappa shape index (κ3) is 4.39. The predicted octanol–water partition coefficient (Wildman–Crippen LogP) is 4.14. The van der Waals surface area contributed by atoms with Crippen molar-refractivity contribution >= 4 is 29.3 Å². The second-order valence-corrected chi connectivity index (χ2v) is 7.87. The molecule has 1 fully saturated rings. The summed E-state index contributed by atoms with van der Waals surface area (Å²) in [5.74, 6) is 1.58. The van der Waals surface area contributed by atoms with Crippen molar-refractivity contribution in [3.63, 3.8) is 0 Å². The van der Waals surface area contributed by atoms with Crippen molar-refractivity contribution in [2.45, 2.75) is 25.3 Å². The van der Waals surface area contributed by atoms with Crippen LogP contribution < -0.4 is 14.8 Å². The molecule has 0 radical (unpaired) electrons. The Labute approximate surface area is 183 Å². The molecule has 8 nitrogen and oxygen atoms in total. The smallest absolute Gasteiger partial charge is 0.248 e. The van der Waals surface area contributed by atoms with Gasteiger partial charge in [-0.1, -0.05) is 23.7 Å². The van der Waals surface area contributed by atoms with Crippen LogP contribution in [0.2, 0.25) is 5.02 Å². The Hall–Kier alpha value is -3.39. The first-order valence-corrected chi connectivity index (χ1v) is 10.5. The fourth-order valence-electron chi connectivity index (χ4n) is 3.39. The van der Waals surface area contributed by atoms with Gasteiger partial charge in [0.2, 0.25) is 5.91 Å². The SMILES string of the molecule is O=C(/C=C/c1cc(Cl)c2c(c1)OCCCO2)Nc1cccc(-c2nnnn2C2CC2)c1. The molecule has 1 amide bonds. The van der Waals surface area contributed by atoms with E-state index in [1.165, 1.54) is 6.08 Å². The van der Waals surface area contributed by atoms with Gasteiger partial charge >= 0.3 is 0 Å². The minimum absolute atomic E-state index is 0.262. The lowest BCUT2D eigenvalue weighted by Gasteiger charge is -2.10. The molecule has 0 spiro atoms. The van der Waals surface area contributed by atoms with Gasteiger partial charge in [-0.05, 0) is 59.2 Å². The highest BCUT2D eigenvalue weighted by Gasteiger charge is 2.28. The van der Waals surface area contributed by atoms with Gasteiger partial charge in [0.15, 0.2) is 17.3 Å². The Balaban J connectivity index is 1.30. The maximum atomic E-state index is 12.5. The molecule has 158 valence electrons. The molecule has 0 bridgehead atoms. The van der Waals surface area contributed by atoms with Crippen LogP contribution in [0.3, 0.4) is 0 Å². The van der Waals surface area contributed by atoms with Crippen LogP contribution in [0.1, 0.15) is 30.9 Å². The summed E-state index contributed by atoms with van der Waals surface area (Å²) in [4.78, 5) is 12.5. The molecular weight excluding hydrogens is 418 g/mol. The van der Waals surface area contributed by atoms with E-state index < -0.39 is 0 Å². The van der Waals surface area contributed by atoms with E-state index in [1.807, 2.05) is 35.0 Å². The summed E-state index contributed by atoms with van der Waals surface area (Å²) < 4.78 is 13.2. The average Bonchev–Trinajstić information content (AvgIpc) is 3.54. The average molecular weight is 438 g/mol. The number of fused-ring (bicyclic) bond motifs is 1. The van der Waals surface area contributed by atoms with E-state index in [0.717, 1.165) is 30.4 Å². The highest BCUT2D eigenvalue weighted by molar-refractivity contribution is 6.32. The van der Waals surface area contributed by atoms with Gasteiger partial charge in [-0.2, -0.15) is 0 Å². The summed E-state index contributed by atoms with van der Waals surface area (Å²) in [6.45, 7) is 1.13. The summed E-state index contributed by atoms with van der Waals surface area (Å²) in [7, 11) is 0. The zero-order chi connectivity index (χ0) is 21.2. The number of aromatic nitrogens is 4. The Morgan fingerprint density at radius 3 is 2.94 bits per heavy atom. The zero-order valence-corrected chi connectivity index (χ0v) is 17.4. The molecule has 31 heavy (non-hydrogen) atoms. The number of nitrogens with one attached hydrogen (secondary N) is 1. The molecule has 0 saturated heterocycles. The van der Waals surface area contributed by atoms with E-state index in [9.17, 15) is 4.79 Å².